The number of aromatic nitrogens is 1. The van der Waals surface area contributed by atoms with Crippen molar-refractivity contribution in [2.75, 3.05) is 13.6 Å². The van der Waals surface area contributed by atoms with E-state index in [2.05, 4.69) is 9.88 Å². The van der Waals surface area contributed by atoms with E-state index < -0.39 is 5.97 Å². The number of carbonyl (C=O) groups is 1. The third kappa shape index (κ3) is 1.85. The van der Waals surface area contributed by atoms with Gasteiger partial charge in [-0.3, -0.25) is 14.7 Å². The summed E-state index contributed by atoms with van der Waals surface area (Å²) in [5, 5.41) is 9.12. The minimum atomic E-state index is -0.715. The van der Waals surface area contributed by atoms with Gasteiger partial charge >= 0.3 is 5.97 Å². The van der Waals surface area contributed by atoms with Crippen LogP contribution in [0.3, 0.4) is 0 Å². The topological polar surface area (TPSA) is 53.4 Å². The van der Waals surface area contributed by atoms with E-state index in [1.807, 2.05) is 19.2 Å². The van der Waals surface area contributed by atoms with E-state index in [9.17, 15) is 4.79 Å². The van der Waals surface area contributed by atoms with E-state index in [-0.39, 0.29) is 12.0 Å². The molecule has 4 heteroatoms. The summed E-state index contributed by atoms with van der Waals surface area (Å²) in [6.07, 6.45) is 4.17. The predicted molar refractivity (Wildman–Crippen MR) is 55.4 cm³/mol. The van der Waals surface area contributed by atoms with Crippen molar-refractivity contribution >= 4 is 5.97 Å². The molecule has 4 nitrogen and oxygen atoms in total. The van der Waals surface area contributed by atoms with E-state index in [1.165, 1.54) is 0 Å². The third-order valence-electron chi connectivity index (χ3n) is 2.99. The van der Waals surface area contributed by atoms with Crippen molar-refractivity contribution in [2.45, 2.75) is 12.5 Å². The fourth-order valence-corrected chi connectivity index (χ4v) is 2.24. The Labute approximate surface area is 88.6 Å². The smallest absolute Gasteiger partial charge is 0.308 e. The van der Waals surface area contributed by atoms with Gasteiger partial charge in [0.1, 0.15) is 0 Å². The van der Waals surface area contributed by atoms with Crippen molar-refractivity contribution in [2.24, 2.45) is 5.92 Å². The number of hydrogen-bond donors (Lipinski definition) is 1. The van der Waals surface area contributed by atoms with Crippen LogP contribution < -0.4 is 0 Å². The zero-order valence-electron chi connectivity index (χ0n) is 8.63. The highest BCUT2D eigenvalue weighted by atomic mass is 16.4. The summed E-state index contributed by atoms with van der Waals surface area (Å²) < 4.78 is 0. The molecule has 1 saturated heterocycles. The Bertz CT molecular complexity index is 353. The highest BCUT2D eigenvalue weighted by Crippen LogP contribution is 2.35. The van der Waals surface area contributed by atoms with Gasteiger partial charge in [0.15, 0.2) is 0 Å². The molecule has 0 bridgehead atoms. The number of rotatable bonds is 2. The average Bonchev–Trinajstić information content (AvgIpc) is 2.61. The molecule has 0 saturated carbocycles. The fourth-order valence-electron chi connectivity index (χ4n) is 2.24. The molecule has 0 radical (unpaired) electrons. The first-order valence-corrected chi connectivity index (χ1v) is 5.03. The quantitative estimate of drug-likeness (QED) is 0.789. The number of carboxylic acid groups (broad SMARTS) is 1. The molecule has 0 aliphatic carbocycles. The van der Waals surface area contributed by atoms with E-state index in [0.717, 1.165) is 12.1 Å². The van der Waals surface area contributed by atoms with Gasteiger partial charge < -0.3 is 5.11 Å². The van der Waals surface area contributed by atoms with Crippen molar-refractivity contribution in [3.63, 3.8) is 0 Å². The SMILES string of the molecule is CN1CC[C@H](C(=O)O)[C@@H]1c1cccnc1. The van der Waals surface area contributed by atoms with Gasteiger partial charge in [0, 0.05) is 18.4 Å². The van der Waals surface area contributed by atoms with Crippen LogP contribution in [0.15, 0.2) is 24.5 Å². The summed E-state index contributed by atoms with van der Waals surface area (Å²) in [4.78, 5) is 17.2. The minimum Gasteiger partial charge on any atom is -0.481 e. The summed E-state index contributed by atoms with van der Waals surface area (Å²) in [6, 6.07) is 3.76. The van der Waals surface area contributed by atoms with E-state index in [0.29, 0.717) is 6.42 Å². The van der Waals surface area contributed by atoms with Crippen LogP contribution in [-0.2, 0) is 4.79 Å². The van der Waals surface area contributed by atoms with Crippen molar-refractivity contribution in [1.82, 2.24) is 9.88 Å². The summed E-state index contributed by atoms with van der Waals surface area (Å²) in [6.45, 7) is 0.830. The van der Waals surface area contributed by atoms with Crippen LogP contribution in [0.4, 0.5) is 0 Å². The zero-order valence-corrected chi connectivity index (χ0v) is 8.63. The summed E-state index contributed by atoms with van der Waals surface area (Å²) in [5.74, 6) is -1.02. The van der Waals surface area contributed by atoms with E-state index in [4.69, 9.17) is 5.11 Å². The largest absolute Gasteiger partial charge is 0.481 e. The number of pyridine rings is 1. The molecule has 2 rings (SSSR count). The third-order valence-corrected chi connectivity index (χ3v) is 2.99. The van der Waals surface area contributed by atoms with Crippen molar-refractivity contribution < 1.29 is 9.90 Å². The number of nitrogens with zero attached hydrogens (tertiary/aromatic N) is 2. The average molecular weight is 206 g/mol. The van der Waals surface area contributed by atoms with Crippen LogP contribution >= 0.6 is 0 Å². The van der Waals surface area contributed by atoms with Gasteiger partial charge in [-0.05, 0) is 31.6 Å². The van der Waals surface area contributed by atoms with Crippen molar-refractivity contribution in [3.05, 3.63) is 30.1 Å². The second kappa shape index (κ2) is 3.98. The molecule has 15 heavy (non-hydrogen) atoms. The van der Waals surface area contributed by atoms with Gasteiger partial charge in [0.05, 0.1) is 5.92 Å². The van der Waals surface area contributed by atoms with Gasteiger partial charge in [-0.15, -0.1) is 0 Å². The Kier molecular flexibility index (Phi) is 2.68. The normalized spacial score (nSPS) is 26.7. The Morgan fingerprint density at radius 2 is 2.47 bits per heavy atom. The van der Waals surface area contributed by atoms with Gasteiger partial charge in [-0.2, -0.15) is 0 Å². The van der Waals surface area contributed by atoms with Crippen molar-refractivity contribution in [1.29, 1.82) is 0 Å². The fraction of sp³-hybridized carbons (Fsp3) is 0.455. The van der Waals surface area contributed by atoms with Crippen LogP contribution in [0, 0.1) is 5.92 Å². The molecule has 2 atom stereocenters. The summed E-state index contributed by atoms with van der Waals surface area (Å²) >= 11 is 0. The Hall–Kier alpha value is -1.42. The molecule has 2 heterocycles. The second-order valence-corrected chi connectivity index (χ2v) is 3.95. The predicted octanol–water partition coefficient (Wildman–Crippen LogP) is 1.16. The maximum atomic E-state index is 11.1. The van der Waals surface area contributed by atoms with Crippen LogP contribution in [0.1, 0.15) is 18.0 Å². The van der Waals surface area contributed by atoms with E-state index >= 15 is 0 Å². The molecular weight excluding hydrogens is 192 g/mol. The molecule has 1 fully saturated rings. The lowest BCUT2D eigenvalue weighted by atomic mass is 9.95. The van der Waals surface area contributed by atoms with E-state index in [1.54, 1.807) is 12.4 Å². The Morgan fingerprint density at radius 3 is 3.07 bits per heavy atom. The van der Waals surface area contributed by atoms with Gasteiger partial charge in [0.25, 0.3) is 0 Å². The van der Waals surface area contributed by atoms with Crippen LogP contribution in [0.25, 0.3) is 0 Å². The molecule has 1 N–H and O–H groups in total. The molecule has 0 unspecified atom stereocenters. The summed E-state index contributed by atoms with van der Waals surface area (Å²) in [5.41, 5.74) is 0.991. The monoisotopic (exact) mass is 206 g/mol. The minimum absolute atomic E-state index is 0.0313. The molecule has 1 aromatic rings. The first kappa shape index (κ1) is 10.1. The number of carboxylic acids is 1. The van der Waals surface area contributed by atoms with Crippen LogP contribution in [0.2, 0.25) is 0 Å². The second-order valence-electron chi connectivity index (χ2n) is 3.95. The highest BCUT2D eigenvalue weighted by molar-refractivity contribution is 5.71. The molecular formula is C11H14N2O2. The molecule has 0 aromatic carbocycles. The number of hydrogen-bond acceptors (Lipinski definition) is 3. The van der Waals surface area contributed by atoms with Crippen LogP contribution in [-0.4, -0.2) is 34.6 Å². The highest BCUT2D eigenvalue weighted by Gasteiger charge is 2.37. The molecule has 0 amide bonds. The molecule has 1 aromatic heterocycles. The molecule has 1 aliphatic heterocycles. The first-order chi connectivity index (χ1) is 7.20. The molecule has 80 valence electrons. The lowest BCUT2D eigenvalue weighted by Gasteiger charge is -2.22. The lowest BCUT2D eigenvalue weighted by Crippen LogP contribution is -2.25. The lowest BCUT2D eigenvalue weighted by molar-refractivity contribution is -0.142. The maximum absolute atomic E-state index is 11.1. The number of aliphatic carboxylic acids is 1. The Balaban J connectivity index is 2.29. The van der Waals surface area contributed by atoms with Crippen LogP contribution in [0.5, 0.6) is 0 Å². The van der Waals surface area contributed by atoms with Crippen molar-refractivity contribution in [3.8, 4) is 0 Å². The molecule has 1 aliphatic rings. The standard InChI is InChI=1S/C11H14N2O2/c1-13-6-4-9(11(14)15)10(13)8-3-2-5-12-7-8/h2-3,5,7,9-10H,4,6H2,1H3,(H,14,15)/t9-,10-/m0/s1. The van der Waals surface area contributed by atoms with Gasteiger partial charge in [-0.25, -0.2) is 0 Å². The van der Waals surface area contributed by atoms with Gasteiger partial charge in [-0.1, -0.05) is 6.07 Å². The Morgan fingerprint density at radius 1 is 1.67 bits per heavy atom. The zero-order chi connectivity index (χ0) is 10.8. The molecule has 0 spiro atoms. The summed E-state index contributed by atoms with van der Waals surface area (Å²) in [7, 11) is 1.96. The van der Waals surface area contributed by atoms with Gasteiger partial charge in [0.2, 0.25) is 0 Å². The number of likely N-dealkylation sites (tertiary alicyclic amines) is 1. The maximum Gasteiger partial charge on any atom is 0.308 e. The first-order valence-electron chi connectivity index (χ1n) is 5.03.